The Hall–Kier alpha value is -3.15. The molecule has 1 amide bonds. The molecular formula is C20H20N4O2. The van der Waals surface area contributed by atoms with Gasteiger partial charge in [-0.2, -0.15) is 5.10 Å². The van der Waals surface area contributed by atoms with Crippen molar-refractivity contribution in [1.29, 1.82) is 0 Å². The molecule has 4 rings (SSSR count). The zero-order chi connectivity index (χ0) is 17.9. The summed E-state index contributed by atoms with van der Waals surface area (Å²) in [7, 11) is 0. The minimum Gasteiger partial charge on any atom is -0.372 e. The predicted molar refractivity (Wildman–Crippen MR) is 103 cm³/mol. The fourth-order valence-electron chi connectivity index (χ4n) is 3.39. The maximum absolute atomic E-state index is 12.4. The summed E-state index contributed by atoms with van der Waals surface area (Å²) in [4.78, 5) is 26.6. The average Bonchev–Trinajstić information content (AvgIpc) is 3.20. The first-order valence-corrected chi connectivity index (χ1v) is 8.82. The van der Waals surface area contributed by atoms with E-state index in [0.29, 0.717) is 16.5 Å². The van der Waals surface area contributed by atoms with Gasteiger partial charge in [-0.05, 0) is 43.2 Å². The van der Waals surface area contributed by atoms with Crippen molar-refractivity contribution < 1.29 is 4.79 Å². The molecule has 1 aromatic heterocycles. The Morgan fingerprint density at radius 2 is 1.73 bits per heavy atom. The topological polar surface area (TPSA) is 78.1 Å². The number of aromatic amines is 1. The van der Waals surface area contributed by atoms with E-state index in [9.17, 15) is 9.59 Å². The number of nitrogens with one attached hydrogen (secondary N) is 2. The quantitative estimate of drug-likeness (QED) is 0.760. The monoisotopic (exact) mass is 348 g/mol. The number of nitrogens with zero attached hydrogens (tertiary/aromatic N) is 2. The predicted octanol–water partition coefficient (Wildman–Crippen LogP) is 2.70. The summed E-state index contributed by atoms with van der Waals surface area (Å²) in [6.45, 7) is 2.19. The molecule has 0 aliphatic carbocycles. The van der Waals surface area contributed by atoms with Crippen LogP contribution in [-0.4, -0.2) is 29.2 Å². The molecule has 26 heavy (non-hydrogen) atoms. The largest absolute Gasteiger partial charge is 0.372 e. The number of aromatic nitrogens is 2. The number of carbonyl (C=O) groups is 1. The van der Waals surface area contributed by atoms with E-state index in [1.165, 1.54) is 18.5 Å². The summed E-state index contributed by atoms with van der Waals surface area (Å²) < 4.78 is 0. The first-order valence-electron chi connectivity index (χ1n) is 8.82. The number of H-pyrrole nitrogens is 1. The molecule has 6 nitrogen and oxygen atoms in total. The smallest absolute Gasteiger partial charge is 0.272 e. The van der Waals surface area contributed by atoms with Gasteiger partial charge >= 0.3 is 0 Å². The van der Waals surface area contributed by atoms with Crippen LogP contribution in [0.25, 0.3) is 10.8 Å². The van der Waals surface area contributed by atoms with Gasteiger partial charge in [-0.15, -0.1) is 0 Å². The molecule has 1 saturated heterocycles. The fraction of sp³-hybridized carbons (Fsp3) is 0.250. The zero-order valence-electron chi connectivity index (χ0n) is 14.4. The van der Waals surface area contributed by atoms with E-state index in [2.05, 4.69) is 20.4 Å². The van der Waals surface area contributed by atoms with Crippen molar-refractivity contribution in [2.45, 2.75) is 19.3 Å². The highest BCUT2D eigenvalue weighted by molar-refractivity contribution is 5.95. The SMILES string of the molecule is O=C(Cc1n[nH]c(=O)c2ccccc12)Nc1ccc(N2CCCC2)cc1. The van der Waals surface area contributed by atoms with Gasteiger partial charge in [0.15, 0.2) is 0 Å². The van der Waals surface area contributed by atoms with E-state index in [1.54, 1.807) is 12.1 Å². The van der Waals surface area contributed by atoms with Gasteiger partial charge in [0, 0.05) is 29.9 Å². The first kappa shape index (κ1) is 16.3. The maximum atomic E-state index is 12.4. The Balaban J connectivity index is 1.47. The van der Waals surface area contributed by atoms with Gasteiger partial charge in [-0.1, -0.05) is 18.2 Å². The number of benzene rings is 2. The molecule has 1 aliphatic heterocycles. The fourth-order valence-corrected chi connectivity index (χ4v) is 3.39. The molecule has 1 fully saturated rings. The number of hydrogen-bond donors (Lipinski definition) is 2. The van der Waals surface area contributed by atoms with Crippen molar-refractivity contribution in [3.05, 3.63) is 64.6 Å². The summed E-state index contributed by atoms with van der Waals surface area (Å²) in [5.41, 5.74) is 2.26. The van der Waals surface area contributed by atoms with Gasteiger partial charge in [-0.25, -0.2) is 5.10 Å². The van der Waals surface area contributed by atoms with Crippen molar-refractivity contribution in [2.75, 3.05) is 23.3 Å². The number of anilines is 2. The van der Waals surface area contributed by atoms with Crippen LogP contribution in [0.3, 0.4) is 0 Å². The lowest BCUT2D eigenvalue weighted by atomic mass is 10.1. The number of fused-ring (bicyclic) bond motifs is 1. The Labute approximate surface area is 150 Å². The molecule has 6 heteroatoms. The van der Waals surface area contributed by atoms with Gasteiger partial charge in [0.1, 0.15) is 0 Å². The molecule has 1 aliphatic rings. The van der Waals surface area contributed by atoms with Crippen LogP contribution in [-0.2, 0) is 11.2 Å². The molecule has 3 aromatic rings. The number of carbonyl (C=O) groups excluding carboxylic acids is 1. The van der Waals surface area contributed by atoms with Crippen LogP contribution in [0.5, 0.6) is 0 Å². The number of hydrogen-bond acceptors (Lipinski definition) is 4. The highest BCUT2D eigenvalue weighted by Gasteiger charge is 2.13. The van der Waals surface area contributed by atoms with E-state index in [1.807, 2.05) is 36.4 Å². The van der Waals surface area contributed by atoms with E-state index in [0.717, 1.165) is 18.8 Å². The van der Waals surface area contributed by atoms with Gasteiger partial charge in [0.25, 0.3) is 5.56 Å². The summed E-state index contributed by atoms with van der Waals surface area (Å²) in [6, 6.07) is 15.1. The molecule has 2 aromatic carbocycles. The van der Waals surface area contributed by atoms with Crippen LogP contribution in [0.2, 0.25) is 0 Å². The summed E-state index contributed by atoms with van der Waals surface area (Å²) in [5, 5.41) is 10.7. The van der Waals surface area contributed by atoms with Gasteiger partial charge in [-0.3, -0.25) is 9.59 Å². The highest BCUT2D eigenvalue weighted by Crippen LogP contribution is 2.22. The van der Waals surface area contributed by atoms with Crippen molar-refractivity contribution in [1.82, 2.24) is 10.2 Å². The average molecular weight is 348 g/mol. The highest BCUT2D eigenvalue weighted by atomic mass is 16.1. The van der Waals surface area contributed by atoms with E-state index in [-0.39, 0.29) is 17.9 Å². The van der Waals surface area contributed by atoms with E-state index < -0.39 is 0 Å². The van der Waals surface area contributed by atoms with Crippen LogP contribution < -0.4 is 15.8 Å². The van der Waals surface area contributed by atoms with Crippen molar-refractivity contribution >= 4 is 28.1 Å². The summed E-state index contributed by atoms with van der Waals surface area (Å²) >= 11 is 0. The molecular weight excluding hydrogens is 328 g/mol. The molecule has 0 saturated carbocycles. The van der Waals surface area contributed by atoms with E-state index >= 15 is 0 Å². The second-order valence-electron chi connectivity index (χ2n) is 6.51. The second kappa shape index (κ2) is 7.00. The molecule has 0 unspecified atom stereocenters. The van der Waals surface area contributed by atoms with Gasteiger partial charge in [0.2, 0.25) is 5.91 Å². The van der Waals surface area contributed by atoms with Crippen molar-refractivity contribution in [2.24, 2.45) is 0 Å². The minimum atomic E-state index is -0.248. The molecule has 2 heterocycles. The van der Waals surface area contributed by atoms with Crippen molar-refractivity contribution in [3.63, 3.8) is 0 Å². The van der Waals surface area contributed by atoms with Gasteiger partial charge in [0.05, 0.1) is 17.5 Å². The van der Waals surface area contributed by atoms with Crippen LogP contribution >= 0.6 is 0 Å². The maximum Gasteiger partial charge on any atom is 0.272 e. The van der Waals surface area contributed by atoms with Crippen LogP contribution in [0.15, 0.2) is 53.3 Å². The third-order valence-corrected chi connectivity index (χ3v) is 4.73. The number of rotatable bonds is 4. The lowest BCUT2D eigenvalue weighted by molar-refractivity contribution is -0.115. The third kappa shape index (κ3) is 3.31. The molecule has 2 N–H and O–H groups in total. The molecule has 132 valence electrons. The Kier molecular flexibility index (Phi) is 4.39. The Morgan fingerprint density at radius 3 is 2.46 bits per heavy atom. The van der Waals surface area contributed by atoms with Gasteiger partial charge < -0.3 is 10.2 Å². The lowest BCUT2D eigenvalue weighted by Gasteiger charge is -2.17. The minimum absolute atomic E-state index is 0.102. The molecule has 0 atom stereocenters. The summed E-state index contributed by atoms with van der Waals surface area (Å²) in [5.74, 6) is -0.163. The molecule has 0 bridgehead atoms. The first-order chi connectivity index (χ1) is 12.7. The Morgan fingerprint density at radius 1 is 1.04 bits per heavy atom. The van der Waals surface area contributed by atoms with Crippen LogP contribution in [0, 0.1) is 0 Å². The van der Waals surface area contributed by atoms with Crippen molar-refractivity contribution in [3.8, 4) is 0 Å². The van der Waals surface area contributed by atoms with Crippen LogP contribution in [0.1, 0.15) is 18.5 Å². The normalized spacial score (nSPS) is 13.9. The number of amides is 1. The standard InChI is InChI=1S/C20H20N4O2/c25-19(13-18-16-5-1-2-6-17(16)20(26)23-22-18)21-14-7-9-15(10-8-14)24-11-3-4-12-24/h1-2,5-10H,3-4,11-13H2,(H,21,25)(H,23,26). The molecule has 0 spiro atoms. The second-order valence-corrected chi connectivity index (χ2v) is 6.51. The van der Waals surface area contributed by atoms with Crippen LogP contribution in [0.4, 0.5) is 11.4 Å². The summed E-state index contributed by atoms with van der Waals surface area (Å²) in [6.07, 6.45) is 2.57. The van der Waals surface area contributed by atoms with E-state index in [4.69, 9.17) is 0 Å². The lowest BCUT2D eigenvalue weighted by Crippen LogP contribution is -2.19. The Bertz CT molecular complexity index is 989. The zero-order valence-corrected chi connectivity index (χ0v) is 14.4. The third-order valence-electron chi connectivity index (χ3n) is 4.73. The molecule has 0 radical (unpaired) electrons.